The second kappa shape index (κ2) is 7.79. The Morgan fingerprint density at radius 3 is 2.64 bits per heavy atom. The maximum absolute atomic E-state index is 12.6. The molecule has 0 unspecified atom stereocenters. The Morgan fingerprint density at radius 2 is 1.89 bits per heavy atom. The minimum atomic E-state index is -0.483. The highest BCUT2D eigenvalue weighted by molar-refractivity contribution is 7.80. The molecule has 2 amide bonds. The van der Waals surface area contributed by atoms with Crippen molar-refractivity contribution in [3.63, 3.8) is 0 Å². The van der Waals surface area contributed by atoms with Gasteiger partial charge in [-0.05, 0) is 49.5 Å². The number of carbonyl (C=O) groups excluding carboxylic acids is 2. The van der Waals surface area contributed by atoms with E-state index in [0.717, 1.165) is 46.2 Å². The number of anilines is 1. The van der Waals surface area contributed by atoms with Gasteiger partial charge < -0.3 is 11.1 Å². The van der Waals surface area contributed by atoms with Crippen LogP contribution < -0.4 is 16.4 Å². The predicted molar refractivity (Wildman–Crippen MR) is 120 cm³/mol. The van der Waals surface area contributed by atoms with Crippen molar-refractivity contribution in [2.45, 2.75) is 25.7 Å². The molecule has 5 nitrogen and oxygen atoms in total. The van der Waals surface area contributed by atoms with Gasteiger partial charge in [-0.2, -0.15) is 0 Å². The summed E-state index contributed by atoms with van der Waals surface area (Å²) in [4.78, 5) is 26.2. The van der Waals surface area contributed by atoms with Crippen molar-refractivity contribution in [1.82, 2.24) is 5.32 Å². The summed E-state index contributed by atoms with van der Waals surface area (Å²) in [5.41, 5.74) is 7.09. The summed E-state index contributed by atoms with van der Waals surface area (Å²) >= 11 is 14.4. The van der Waals surface area contributed by atoms with Crippen LogP contribution in [0.25, 0.3) is 10.1 Å². The van der Waals surface area contributed by atoms with E-state index >= 15 is 0 Å². The van der Waals surface area contributed by atoms with Crippen molar-refractivity contribution in [2.75, 3.05) is 5.32 Å². The molecule has 9 heteroatoms. The quantitative estimate of drug-likeness (QED) is 0.505. The summed E-state index contributed by atoms with van der Waals surface area (Å²) in [5, 5.41) is 7.58. The summed E-state index contributed by atoms with van der Waals surface area (Å²) in [6, 6.07) is 7.55. The fourth-order valence-electron chi connectivity index (χ4n) is 3.37. The maximum atomic E-state index is 12.6. The second-order valence-electron chi connectivity index (χ2n) is 6.43. The van der Waals surface area contributed by atoms with Crippen molar-refractivity contribution in [3.05, 3.63) is 50.2 Å². The van der Waals surface area contributed by atoms with E-state index < -0.39 is 5.91 Å². The first-order valence-corrected chi connectivity index (χ1v) is 11.1. The van der Waals surface area contributed by atoms with Crippen LogP contribution in [-0.2, 0) is 12.8 Å². The van der Waals surface area contributed by atoms with E-state index in [1.54, 1.807) is 0 Å². The molecule has 1 aliphatic carbocycles. The highest BCUT2D eigenvalue weighted by Crippen LogP contribution is 2.38. The van der Waals surface area contributed by atoms with Crippen LogP contribution in [0.2, 0.25) is 5.02 Å². The zero-order chi connectivity index (χ0) is 19.8. The number of benzene rings is 1. The number of nitrogens with one attached hydrogen (secondary N) is 2. The van der Waals surface area contributed by atoms with Crippen molar-refractivity contribution >= 4 is 78.5 Å². The van der Waals surface area contributed by atoms with Gasteiger partial charge in [-0.3, -0.25) is 14.9 Å². The molecule has 1 aliphatic rings. The van der Waals surface area contributed by atoms with Gasteiger partial charge >= 0.3 is 0 Å². The Balaban J connectivity index is 1.54. The van der Waals surface area contributed by atoms with Gasteiger partial charge in [0.25, 0.3) is 11.8 Å². The summed E-state index contributed by atoms with van der Waals surface area (Å²) in [7, 11) is 0. The van der Waals surface area contributed by atoms with Crippen LogP contribution >= 0.6 is 46.5 Å². The molecule has 0 bridgehead atoms. The van der Waals surface area contributed by atoms with Crippen LogP contribution in [0.4, 0.5) is 5.00 Å². The Kier molecular flexibility index (Phi) is 5.37. The lowest BCUT2D eigenvalue weighted by atomic mass is 9.95. The standard InChI is InChI=1S/C19H16ClN3O2S3/c20-14-10-6-2-4-8-12(10)27-15(14)17(25)22-19(26)23-18-13(16(21)24)9-5-1-3-7-11(9)28-18/h2,4,6,8H,1,3,5,7H2,(H2,21,24)(H2,22,23,25,26). The number of aryl methyl sites for hydroxylation is 1. The number of hydrogen-bond donors (Lipinski definition) is 3. The maximum Gasteiger partial charge on any atom is 0.269 e. The fraction of sp³-hybridized carbons (Fsp3) is 0.211. The minimum absolute atomic E-state index is 0.111. The SMILES string of the molecule is NC(=O)c1c(NC(=S)NC(=O)c2sc3ccccc3c2Cl)sc2c1CCCC2. The number of halogens is 1. The van der Waals surface area contributed by atoms with Gasteiger partial charge in [-0.15, -0.1) is 22.7 Å². The van der Waals surface area contributed by atoms with Crippen LogP contribution in [0, 0.1) is 0 Å². The Hall–Kier alpha value is -2.00. The summed E-state index contributed by atoms with van der Waals surface area (Å²) in [6.45, 7) is 0. The Bertz CT molecular complexity index is 1120. The molecule has 0 spiro atoms. The smallest absolute Gasteiger partial charge is 0.269 e. The zero-order valence-corrected chi connectivity index (χ0v) is 17.8. The lowest BCUT2D eigenvalue weighted by Gasteiger charge is -2.11. The van der Waals surface area contributed by atoms with Gasteiger partial charge in [0.1, 0.15) is 9.88 Å². The van der Waals surface area contributed by atoms with Crippen molar-refractivity contribution in [2.24, 2.45) is 5.73 Å². The summed E-state index contributed by atoms with van der Waals surface area (Å²) < 4.78 is 0.929. The van der Waals surface area contributed by atoms with E-state index in [-0.39, 0.29) is 11.0 Å². The van der Waals surface area contributed by atoms with Gasteiger partial charge in [0.2, 0.25) is 0 Å². The number of carbonyl (C=O) groups is 2. The molecular weight excluding hydrogens is 434 g/mol. The number of thiocarbonyl (C=S) groups is 1. The summed E-state index contributed by atoms with van der Waals surface area (Å²) in [5.74, 6) is -0.866. The van der Waals surface area contributed by atoms with Crippen LogP contribution in [0.1, 0.15) is 43.3 Å². The Morgan fingerprint density at radius 1 is 1.14 bits per heavy atom. The number of thiophene rings is 2. The highest BCUT2D eigenvalue weighted by atomic mass is 35.5. The molecule has 0 fully saturated rings. The van der Waals surface area contributed by atoms with E-state index in [0.29, 0.717) is 20.5 Å². The van der Waals surface area contributed by atoms with Crippen LogP contribution in [0.15, 0.2) is 24.3 Å². The molecule has 2 heterocycles. The zero-order valence-electron chi connectivity index (χ0n) is 14.6. The van der Waals surface area contributed by atoms with Gasteiger partial charge in [-0.1, -0.05) is 29.8 Å². The molecule has 28 heavy (non-hydrogen) atoms. The molecular formula is C19H16ClN3O2S3. The fourth-order valence-corrected chi connectivity index (χ4v) is 6.34. The first-order valence-electron chi connectivity index (χ1n) is 8.69. The van der Waals surface area contributed by atoms with Crippen molar-refractivity contribution < 1.29 is 9.59 Å². The van der Waals surface area contributed by atoms with E-state index in [1.807, 2.05) is 24.3 Å². The van der Waals surface area contributed by atoms with Crippen LogP contribution in [-0.4, -0.2) is 16.9 Å². The van der Waals surface area contributed by atoms with Gasteiger partial charge in [0.15, 0.2) is 5.11 Å². The lowest BCUT2D eigenvalue weighted by molar-refractivity contribution is 0.0979. The normalized spacial score (nSPS) is 13.2. The number of rotatable bonds is 3. The molecule has 1 aromatic carbocycles. The minimum Gasteiger partial charge on any atom is -0.365 e. The lowest BCUT2D eigenvalue weighted by Crippen LogP contribution is -2.34. The molecule has 0 saturated carbocycles. The van der Waals surface area contributed by atoms with E-state index in [2.05, 4.69) is 10.6 Å². The summed E-state index contributed by atoms with van der Waals surface area (Å²) in [6.07, 6.45) is 3.90. The monoisotopic (exact) mass is 449 g/mol. The van der Waals surface area contributed by atoms with Crippen LogP contribution in [0.5, 0.6) is 0 Å². The van der Waals surface area contributed by atoms with E-state index in [4.69, 9.17) is 29.6 Å². The average Bonchev–Trinajstić information content (AvgIpc) is 3.19. The van der Waals surface area contributed by atoms with Gasteiger partial charge in [0, 0.05) is 15.0 Å². The topological polar surface area (TPSA) is 84.2 Å². The van der Waals surface area contributed by atoms with Crippen LogP contribution in [0.3, 0.4) is 0 Å². The van der Waals surface area contributed by atoms with E-state index in [9.17, 15) is 9.59 Å². The highest BCUT2D eigenvalue weighted by Gasteiger charge is 2.25. The molecule has 144 valence electrons. The first kappa shape index (κ1) is 19.3. The number of hydrogen-bond acceptors (Lipinski definition) is 5. The third-order valence-electron chi connectivity index (χ3n) is 4.61. The molecule has 0 radical (unpaired) electrons. The third kappa shape index (κ3) is 3.53. The van der Waals surface area contributed by atoms with E-state index in [1.165, 1.54) is 22.7 Å². The number of primary amides is 1. The first-order chi connectivity index (χ1) is 13.5. The number of fused-ring (bicyclic) bond motifs is 2. The third-order valence-corrected chi connectivity index (χ3v) is 7.70. The van der Waals surface area contributed by atoms with Crippen molar-refractivity contribution in [1.29, 1.82) is 0 Å². The molecule has 0 atom stereocenters. The predicted octanol–water partition coefficient (Wildman–Crippen LogP) is 4.72. The Labute approximate surface area is 179 Å². The molecule has 2 aromatic heterocycles. The van der Waals surface area contributed by atoms with Crippen molar-refractivity contribution in [3.8, 4) is 0 Å². The second-order valence-corrected chi connectivity index (χ2v) is 9.37. The molecule has 0 aliphatic heterocycles. The molecule has 4 rings (SSSR count). The largest absolute Gasteiger partial charge is 0.365 e. The van der Waals surface area contributed by atoms with Gasteiger partial charge in [-0.25, -0.2) is 0 Å². The molecule has 3 aromatic rings. The molecule has 4 N–H and O–H groups in total. The number of nitrogens with two attached hydrogens (primary N) is 1. The van der Waals surface area contributed by atoms with Gasteiger partial charge in [0.05, 0.1) is 10.6 Å². The molecule has 0 saturated heterocycles. The average molecular weight is 450 g/mol. The number of amides is 2.